The van der Waals surface area contributed by atoms with Crippen LogP contribution >= 0.6 is 0 Å². The monoisotopic (exact) mass is 366 g/mol. The van der Waals surface area contributed by atoms with Crippen LogP contribution in [0.3, 0.4) is 0 Å². The molecular formula is C21H26N4O2. The third-order valence-corrected chi connectivity index (χ3v) is 4.40. The van der Waals surface area contributed by atoms with Gasteiger partial charge in [0.25, 0.3) is 0 Å². The Labute approximate surface area is 159 Å². The first-order valence-corrected chi connectivity index (χ1v) is 8.91. The van der Waals surface area contributed by atoms with Crippen molar-refractivity contribution in [2.45, 2.75) is 38.8 Å². The Hall–Kier alpha value is -2.86. The number of H-pyrrole nitrogens is 1. The van der Waals surface area contributed by atoms with Gasteiger partial charge in [-0.1, -0.05) is 45.0 Å². The highest BCUT2D eigenvalue weighted by Gasteiger charge is 2.16. The largest absolute Gasteiger partial charge is 0.497 e. The minimum absolute atomic E-state index is 0.121. The van der Waals surface area contributed by atoms with Gasteiger partial charge in [-0.2, -0.15) is 5.10 Å². The molecule has 0 fully saturated rings. The molecule has 3 aromatic rings. The van der Waals surface area contributed by atoms with Gasteiger partial charge in [0.05, 0.1) is 13.2 Å². The van der Waals surface area contributed by atoms with Crippen molar-refractivity contribution in [3.8, 4) is 11.5 Å². The molecule has 6 heteroatoms. The summed E-state index contributed by atoms with van der Waals surface area (Å²) in [5.74, 6) is 2.74. The van der Waals surface area contributed by atoms with E-state index in [9.17, 15) is 0 Å². The first-order chi connectivity index (χ1) is 12.9. The summed E-state index contributed by atoms with van der Waals surface area (Å²) in [5.41, 5.74) is 8.56. The van der Waals surface area contributed by atoms with Crippen LogP contribution in [0, 0.1) is 0 Å². The van der Waals surface area contributed by atoms with Crippen LogP contribution in [-0.2, 0) is 12.0 Å². The van der Waals surface area contributed by atoms with Gasteiger partial charge in [0, 0.05) is 0 Å². The topological polar surface area (TPSA) is 86.0 Å². The summed E-state index contributed by atoms with van der Waals surface area (Å²) in [4.78, 5) is 4.45. The van der Waals surface area contributed by atoms with E-state index in [0.717, 1.165) is 17.1 Å². The van der Waals surface area contributed by atoms with E-state index in [4.69, 9.17) is 15.2 Å². The number of aromatic amines is 1. The number of hydrogen-bond donors (Lipinski definition) is 2. The molecule has 0 amide bonds. The summed E-state index contributed by atoms with van der Waals surface area (Å²) < 4.78 is 11.0. The van der Waals surface area contributed by atoms with Gasteiger partial charge in [-0.05, 0) is 40.8 Å². The molecule has 6 nitrogen and oxygen atoms in total. The van der Waals surface area contributed by atoms with E-state index in [1.54, 1.807) is 7.11 Å². The Morgan fingerprint density at radius 1 is 1.00 bits per heavy atom. The zero-order chi connectivity index (χ0) is 19.4. The quantitative estimate of drug-likeness (QED) is 0.694. The SMILES string of the molecule is COc1ccc([C@@H](N)c2n[nH]c(COc3ccc(C(C)(C)C)cc3)n2)cc1. The van der Waals surface area contributed by atoms with Gasteiger partial charge in [0.1, 0.15) is 18.1 Å². The number of benzene rings is 2. The standard InChI is InChI=1S/C21H26N4O2/c1-21(2,3)15-7-11-17(12-8-15)27-13-18-23-20(25-24-18)19(22)14-5-9-16(26-4)10-6-14/h5-12,19H,13,22H2,1-4H3,(H,23,24,25)/t19-/m1/s1. The maximum Gasteiger partial charge on any atom is 0.172 e. The molecule has 142 valence electrons. The molecule has 3 N–H and O–H groups in total. The first kappa shape index (κ1) is 18.9. The fourth-order valence-electron chi connectivity index (χ4n) is 2.68. The average Bonchev–Trinajstić information content (AvgIpc) is 3.14. The Balaban J connectivity index is 1.62. The van der Waals surface area contributed by atoms with Crippen LogP contribution in [0.2, 0.25) is 0 Å². The first-order valence-electron chi connectivity index (χ1n) is 8.91. The Morgan fingerprint density at radius 3 is 2.22 bits per heavy atom. The lowest BCUT2D eigenvalue weighted by atomic mass is 9.87. The third-order valence-electron chi connectivity index (χ3n) is 4.40. The smallest absolute Gasteiger partial charge is 0.172 e. The summed E-state index contributed by atoms with van der Waals surface area (Å²) in [5, 5.41) is 7.12. The van der Waals surface area contributed by atoms with E-state index in [1.807, 2.05) is 36.4 Å². The van der Waals surface area contributed by atoms with Crippen molar-refractivity contribution in [2.24, 2.45) is 5.73 Å². The van der Waals surface area contributed by atoms with E-state index in [0.29, 0.717) is 18.3 Å². The summed E-state index contributed by atoms with van der Waals surface area (Å²) in [6.45, 7) is 6.86. The van der Waals surface area contributed by atoms with Crippen molar-refractivity contribution < 1.29 is 9.47 Å². The molecule has 27 heavy (non-hydrogen) atoms. The molecule has 0 spiro atoms. The van der Waals surface area contributed by atoms with Crippen LogP contribution < -0.4 is 15.2 Å². The Kier molecular flexibility index (Phi) is 5.46. The lowest BCUT2D eigenvalue weighted by molar-refractivity contribution is 0.296. The predicted molar refractivity (Wildman–Crippen MR) is 105 cm³/mol. The Morgan fingerprint density at radius 2 is 1.63 bits per heavy atom. The fraction of sp³-hybridized carbons (Fsp3) is 0.333. The van der Waals surface area contributed by atoms with Crippen molar-refractivity contribution in [3.63, 3.8) is 0 Å². The summed E-state index contributed by atoms with van der Waals surface area (Å²) in [6.07, 6.45) is 0. The van der Waals surface area contributed by atoms with Gasteiger partial charge in [-0.15, -0.1) is 0 Å². The van der Waals surface area contributed by atoms with Crippen molar-refractivity contribution in [2.75, 3.05) is 7.11 Å². The molecule has 3 rings (SSSR count). The van der Waals surface area contributed by atoms with Crippen LogP contribution in [0.15, 0.2) is 48.5 Å². The zero-order valence-electron chi connectivity index (χ0n) is 16.2. The molecule has 2 aromatic carbocycles. The lowest BCUT2D eigenvalue weighted by Gasteiger charge is -2.19. The van der Waals surface area contributed by atoms with Gasteiger partial charge in [0.2, 0.25) is 0 Å². The van der Waals surface area contributed by atoms with Crippen LogP contribution in [-0.4, -0.2) is 22.3 Å². The van der Waals surface area contributed by atoms with Crippen LogP contribution in [0.5, 0.6) is 11.5 Å². The van der Waals surface area contributed by atoms with Crippen molar-refractivity contribution in [1.29, 1.82) is 0 Å². The molecule has 0 aliphatic rings. The van der Waals surface area contributed by atoms with Gasteiger partial charge in [-0.3, -0.25) is 5.10 Å². The van der Waals surface area contributed by atoms with Crippen LogP contribution in [0.4, 0.5) is 0 Å². The number of nitrogens with zero attached hydrogens (tertiary/aromatic N) is 2. The summed E-state index contributed by atoms with van der Waals surface area (Å²) in [6, 6.07) is 15.3. The number of rotatable bonds is 6. The maximum absolute atomic E-state index is 6.26. The molecule has 0 saturated carbocycles. The minimum Gasteiger partial charge on any atom is -0.497 e. The lowest BCUT2D eigenvalue weighted by Crippen LogP contribution is -2.13. The van der Waals surface area contributed by atoms with Crippen molar-refractivity contribution in [3.05, 3.63) is 71.3 Å². The van der Waals surface area contributed by atoms with E-state index in [1.165, 1.54) is 5.56 Å². The highest BCUT2D eigenvalue weighted by Crippen LogP contribution is 2.24. The summed E-state index contributed by atoms with van der Waals surface area (Å²) in [7, 11) is 1.63. The predicted octanol–water partition coefficient (Wildman–Crippen LogP) is 3.74. The molecule has 1 aromatic heterocycles. The molecule has 0 bridgehead atoms. The highest BCUT2D eigenvalue weighted by molar-refractivity contribution is 5.32. The number of nitrogens with two attached hydrogens (primary N) is 1. The average molecular weight is 366 g/mol. The Bertz CT molecular complexity index is 864. The molecule has 0 aliphatic heterocycles. The molecule has 0 aliphatic carbocycles. The van der Waals surface area contributed by atoms with Gasteiger partial charge in [0.15, 0.2) is 11.6 Å². The second-order valence-corrected chi connectivity index (χ2v) is 7.45. The molecule has 0 unspecified atom stereocenters. The van der Waals surface area contributed by atoms with Gasteiger partial charge >= 0.3 is 0 Å². The van der Waals surface area contributed by atoms with Crippen LogP contribution in [0.1, 0.15) is 49.6 Å². The number of hydrogen-bond acceptors (Lipinski definition) is 5. The zero-order valence-corrected chi connectivity index (χ0v) is 16.2. The number of methoxy groups -OCH3 is 1. The van der Waals surface area contributed by atoms with Crippen molar-refractivity contribution in [1.82, 2.24) is 15.2 Å². The van der Waals surface area contributed by atoms with Gasteiger partial charge < -0.3 is 15.2 Å². The summed E-state index contributed by atoms with van der Waals surface area (Å²) >= 11 is 0. The molecular weight excluding hydrogens is 340 g/mol. The number of aromatic nitrogens is 3. The van der Waals surface area contributed by atoms with Crippen molar-refractivity contribution >= 4 is 0 Å². The molecule has 0 radical (unpaired) electrons. The molecule has 1 atom stereocenters. The number of ether oxygens (including phenoxy) is 2. The molecule has 1 heterocycles. The van der Waals surface area contributed by atoms with E-state index < -0.39 is 6.04 Å². The second kappa shape index (κ2) is 7.80. The van der Waals surface area contributed by atoms with Crippen LogP contribution in [0.25, 0.3) is 0 Å². The third kappa shape index (κ3) is 4.65. The van der Waals surface area contributed by atoms with E-state index in [2.05, 4.69) is 48.1 Å². The molecule has 0 saturated heterocycles. The van der Waals surface area contributed by atoms with E-state index >= 15 is 0 Å². The fourth-order valence-corrected chi connectivity index (χ4v) is 2.68. The maximum atomic E-state index is 6.26. The highest BCUT2D eigenvalue weighted by atomic mass is 16.5. The normalized spacial score (nSPS) is 12.6. The second-order valence-electron chi connectivity index (χ2n) is 7.45. The van der Waals surface area contributed by atoms with Gasteiger partial charge in [-0.25, -0.2) is 4.98 Å². The minimum atomic E-state index is -0.410. The number of nitrogens with one attached hydrogen (secondary N) is 1. The van der Waals surface area contributed by atoms with E-state index in [-0.39, 0.29) is 5.41 Å².